The summed E-state index contributed by atoms with van der Waals surface area (Å²) in [7, 11) is 3.36. The first-order chi connectivity index (χ1) is 15.1. The van der Waals surface area contributed by atoms with Gasteiger partial charge in [-0.2, -0.15) is 0 Å². The Morgan fingerprint density at radius 2 is 1.87 bits per heavy atom. The zero-order valence-electron chi connectivity index (χ0n) is 18.6. The average molecular weight is 425 g/mol. The molecule has 0 aliphatic carbocycles. The van der Waals surface area contributed by atoms with Crippen molar-refractivity contribution >= 4 is 17.6 Å². The van der Waals surface area contributed by atoms with Crippen molar-refractivity contribution in [2.24, 2.45) is 4.99 Å². The zero-order chi connectivity index (χ0) is 22.1. The third-order valence-corrected chi connectivity index (χ3v) is 5.23. The topological polar surface area (TPSA) is 75.2 Å². The summed E-state index contributed by atoms with van der Waals surface area (Å²) in [6.45, 7) is 4.02. The summed E-state index contributed by atoms with van der Waals surface area (Å²) >= 11 is 0. The minimum absolute atomic E-state index is 0.0772. The van der Waals surface area contributed by atoms with Gasteiger partial charge in [0.2, 0.25) is 5.91 Å². The summed E-state index contributed by atoms with van der Waals surface area (Å²) in [5, 5.41) is 6.53. The molecule has 1 unspecified atom stereocenters. The Kier molecular flexibility index (Phi) is 8.15. The molecule has 7 heteroatoms. The van der Waals surface area contributed by atoms with Crippen LogP contribution in [0.5, 0.6) is 11.5 Å². The minimum Gasteiger partial charge on any atom is -0.493 e. The van der Waals surface area contributed by atoms with Crippen LogP contribution < -0.4 is 25.0 Å². The molecule has 166 valence electrons. The number of anilines is 1. The normalized spacial score (nSPS) is 14.0. The van der Waals surface area contributed by atoms with Crippen LogP contribution in [0.4, 0.5) is 5.69 Å². The number of amides is 1. The molecular weight excluding hydrogens is 392 g/mol. The Morgan fingerprint density at radius 1 is 1.13 bits per heavy atom. The number of fused-ring (bicyclic) bond motifs is 1. The van der Waals surface area contributed by atoms with Gasteiger partial charge in [0.05, 0.1) is 13.7 Å². The lowest BCUT2D eigenvalue weighted by atomic mass is 10.2. The van der Waals surface area contributed by atoms with E-state index in [0.717, 1.165) is 25.1 Å². The molecule has 3 rings (SSSR count). The molecule has 31 heavy (non-hydrogen) atoms. The number of methoxy groups -OCH3 is 1. The molecule has 0 saturated heterocycles. The highest BCUT2D eigenvalue weighted by atomic mass is 16.5. The van der Waals surface area contributed by atoms with Gasteiger partial charge in [0.25, 0.3) is 0 Å². The molecule has 2 N–H and O–H groups in total. The van der Waals surface area contributed by atoms with E-state index in [2.05, 4.69) is 21.7 Å². The molecule has 0 aromatic heterocycles. The van der Waals surface area contributed by atoms with Crippen LogP contribution >= 0.6 is 0 Å². The summed E-state index contributed by atoms with van der Waals surface area (Å²) in [6, 6.07) is 15.7. The third-order valence-electron chi connectivity index (χ3n) is 5.23. The molecule has 0 saturated carbocycles. The van der Waals surface area contributed by atoms with E-state index in [1.165, 1.54) is 5.56 Å². The van der Waals surface area contributed by atoms with Crippen molar-refractivity contribution in [3.8, 4) is 11.5 Å². The number of carbonyl (C=O) groups is 1. The lowest BCUT2D eigenvalue weighted by molar-refractivity contribution is -0.118. The summed E-state index contributed by atoms with van der Waals surface area (Å²) < 4.78 is 11.3. The van der Waals surface area contributed by atoms with Gasteiger partial charge < -0.3 is 25.0 Å². The Morgan fingerprint density at radius 3 is 2.65 bits per heavy atom. The number of rotatable bonds is 9. The third kappa shape index (κ3) is 6.13. The van der Waals surface area contributed by atoms with Crippen LogP contribution in [0.3, 0.4) is 0 Å². The van der Waals surface area contributed by atoms with Gasteiger partial charge in [0, 0.05) is 32.2 Å². The molecule has 1 atom stereocenters. The molecule has 1 amide bonds. The van der Waals surface area contributed by atoms with E-state index in [-0.39, 0.29) is 12.0 Å². The van der Waals surface area contributed by atoms with Gasteiger partial charge in [-0.3, -0.25) is 9.79 Å². The molecular formula is C24H32N4O3. The van der Waals surface area contributed by atoms with Gasteiger partial charge in [-0.1, -0.05) is 30.3 Å². The Labute approximate surface area is 184 Å². The monoisotopic (exact) mass is 424 g/mol. The second-order valence-corrected chi connectivity index (χ2v) is 7.49. The number of hydrogen-bond acceptors (Lipinski definition) is 4. The second-order valence-electron chi connectivity index (χ2n) is 7.49. The summed E-state index contributed by atoms with van der Waals surface area (Å²) in [5.74, 6) is 2.29. The Hall–Kier alpha value is -3.22. The lowest BCUT2D eigenvalue weighted by Gasteiger charge is -2.19. The van der Waals surface area contributed by atoms with Crippen LogP contribution in [0.2, 0.25) is 0 Å². The number of nitrogens with zero attached hydrogens (tertiary/aromatic N) is 2. The van der Waals surface area contributed by atoms with E-state index in [0.29, 0.717) is 37.0 Å². The Balaban J connectivity index is 1.36. The fourth-order valence-corrected chi connectivity index (χ4v) is 3.61. The molecule has 1 heterocycles. The zero-order valence-corrected chi connectivity index (χ0v) is 18.6. The number of ether oxygens (including phenoxy) is 2. The Bertz CT molecular complexity index is 900. The molecule has 1 aliphatic heterocycles. The smallest absolute Gasteiger partial charge is 0.227 e. The van der Waals surface area contributed by atoms with Gasteiger partial charge in [-0.25, -0.2) is 0 Å². The molecule has 7 nitrogen and oxygen atoms in total. The van der Waals surface area contributed by atoms with E-state index < -0.39 is 0 Å². The number of carbonyl (C=O) groups excluding carboxylic acids is 1. The van der Waals surface area contributed by atoms with E-state index >= 15 is 0 Å². The fourth-order valence-electron chi connectivity index (χ4n) is 3.61. The van der Waals surface area contributed by atoms with Crippen LogP contribution in [0, 0.1) is 0 Å². The maximum Gasteiger partial charge on any atom is 0.227 e. The molecule has 2 aromatic carbocycles. The van der Waals surface area contributed by atoms with Gasteiger partial charge in [-0.15, -0.1) is 0 Å². The maximum atomic E-state index is 12.6. The van der Waals surface area contributed by atoms with Crippen LogP contribution in [0.1, 0.15) is 25.3 Å². The molecule has 0 fully saturated rings. The number of aliphatic imine (C=N–C) groups is 1. The number of benzene rings is 2. The van der Waals surface area contributed by atoms with Crippen molar-refractivity contribution in [1.82, 2.24) is 10.6 Å². The van der Waals surface area contributed by atoms with Gasteiger partial charge >= 0.3 is 0 Å². The second kappa shape index (κ2) is 11.2. The largest absolute Gasteiger partial charge is 0.493 e. The predicted molar refractivity (Wildman–Crippen MR) is 124 cm³/mol. The molecule has 0 radical (unpaired) electrons. The van der Waals surface area contributed by atoms with E-state index in [1.54, 1.807) is 14.2 Å². The SMILES string of the molecule is CN=C(NCCCC(=O)N1CCc2ccccc21)NCC(C)Oc1ccccc1OC. The first-order valence-corrected chi connectivity index (χ1v) is 10.7. The van der Waals surface area contributed by atoms with Crippen molar-refractivity contribution in [2.75, 3.05) is 38.7 Å². The van der Waals surface area contributed by atoms with E-state index in [1.807, 2.05) is 54.3 Å². The van der Waals surface area contributed by atoms with Gasteiger partial charge in [0.1, 0.15) is 6.10 Å². The van der Waals surface area contributed by atoms with Crippen molar-refractivity contribution in [2.45, 2.75) is 32.3 Å². The predicted octanol–water partition coefficient (Wildman–Crippen LogP) is 3.00. The van der Waals surface area contributed by atoms with Crippen LogP contribution in [0.25, 0.3) is 0 Å². The van der Waals surface area contributed by atoms with Crippen molar-refractivity contribution in [3.63, 3.8) is 0 Å². The van der Waals surface area contributed by atoms with Crippen LogP contribution in [0.15, 0.2) is 53.5 Å². The van der Waals surface area contributed by atoms with Gasteiger partial charge in [0.15, 0.2) is 17.5 Å². The average Bonchev–Trinajstić information content (AvgIpc) is 3.23. The molecule has 2 aromatic rings. The highest BCUT2D eigenvalue weighted by molar-refractivity contribution is 5.95. The molecule has 0 spiro atoms. The van der Waals surface area contributed by atoms with Crippen molar-refractivity contribution in [3.05, 3.63) is 54.1 Å². The maximum absolute atomic E-state index is 12.6. The number of nitrogens with one attached hydrogen (secondary N) is 2. The van der Waals surface area contributed by atoms with Crippen molar-refractivity contribution in [1.29, 1.82) is 0 Å². The number of hydrogen-bond donors (Lipinski definition) is 2. The molecule has 0 bridgehead atoms. The summed E-state index contributed by atoms with van der Waals surface area (Å²) in [6.07, 6.45) is 2.11. The van der Waals surface area contributed by atoms with Gasteiger partial charge in [-0.05, 0) is 43.5 Å². The van der Waals surface area contributed by atoms with Crippen LogP contribution in [-0.2, 0) is 11.2 Å². The summed E-state index contributed by atoms with van der Waals surface area (Å²) in [4.78, 5) is 18.7. The highest BCUT2D eigenvalue weighted by Gasteiger charge is 2.23. The first kappa shape index (κ1) is 22.5. The highest BCUT2D eigenvalue weighted by Crippen LogP contribution is 2.28. The molecule has 1 aliphatic rings. The quantitative estimate of drug-likeness (QED) is 0.368. The fraction of sp³-hybridized carbons (Fsp3) is 0.417. The standard InChI is InChI=1S/C24H32N4O3/c1-18(31-22-12-7-6-11-21(22)30-3)17-27-24(25-2)26-15-8-13-23(29)28-16-14-19-9-4-5-10-20(19)28/h4-7,9-12,18H,8,13-17H2,1-3H3,(H2,25,26,27). The van der Waals surface area contributed by atoms with Crippen molar-refractivity contribution < 1.29 is 14.3 Å². The number of guanidine groups is 1. The summed E-state index contributed by atoms with van der Waals surface area (Å²) in [5.41, 5.74) is 2.31. The van der Waals surface area contributed by atoms with E-state index in [4.69, 9.17) is 9.47 Å². The minimum atomic E-state index is -0.0772. The lowest BCUT2D eigenvalue weighted by Crippen LogP contribution is -2.42. The number of para-hydroxylation sites is 3. The van der Waals surface area contributed by atoms with Crippen LogP contribution in [-0.4, -0.2) is 51.8 Å². The van der Waals surface area contributed by atoms with E-state index in [9.17, 15) is 4.79 Å². The first-order valence-electron chi connectivity index (χ1n) is 10.7.